The number of ether oxygens (including phenoxy) is 1. The fourth-order valence-corrected chi connectivity index (χ4v) is 1.43. The zero-order valence-electron chi connectivity index (χ0n) is 11.6. The van der Waals surface area contributed by atoms with Gasteiger partial charge in [-0.05, 0) is 24.6 Å². The van der Waals surface area contributed by atoms with Crippen molar-refractivity contribution < 1.29 is 22.7 Å². The predicted molar refractivity (Wildman–Crippen MR) is 70.8 cm³/mol. The maximum atomic E-state index is 12.1. The van der Waals surface area contributed by atoms with Gasteiger partial charge in [-0.3, -0.25) is 4.79 Å². The quantitative estimate of drug-likeness (QED) is 0.905. The highest BCUT2D eigenvalue weighted by atomic mass is 19.4. The number of hydrogen-bond donors (Lipinski definition) is 1. The molecule has 0 saturated heterocycles. The number of carbonyl (C=O) groups is 1. The Morgan fingerprint density at radius 2 is 2.14 bits per heavy atom. The van der Waals surface area contributed by atoms with Gasteiger partial charge in [0.2, 0.25) is 5.91 Å². The third-order valence-corrected chi connectivity index (χ3v) is 2.82. The first-order chi connectivity index (χ1) is 9.76. The third-order valence-electron chi connectivity index (χ3n) is 2.82. The van der Waals surface area contributed by atoms with E-state index in [-0.39, 0.29) is 23.1 Å². The molecule has 1 aromatic rings. The summed E-state index contributed by atoms with van der Waals surface area (Å²) < 4.78 is 40.8. The van der Waals surface area contributed by atoms with Gasteiger partial charge in [0, 0.05) is 11.6 Å². The standard InChI is InChI=1S/C14H15F3N2O2/c1-3-9(2)13(20)19-11-4-5-12(10(6-11)7-18)21-8-14(15,16)17/h4-6,9H,3,8H2,1-2H3,(H,19,20)/t9-/m1/s1. The van der Waals surface area contributed by atoms with Crippen LogP contribution in [-0.4, -0.2) is 18.7 Å². The second kappa shape index (κ2) is 6.97. The Morgan fingerprint density at radius 3 is 2.67 bits per heavy atom. The molecule has 0 aromatic heterocycles. The zero-order valence-corrected chi connectivity index (χ0v) is 11.6. The lowest BCUT2D eigenvalue weighted by molar-refractivity contribution is -0.153. The molecule has 1 amide bonds. The lowest BCUT2D eigenvalue weighted by Crippen LogP contribution is -2.20. The maximum Gasteiger partial charge on any atom is 0.422 e. The Kier molecular flexibility index (Phi) is 5.59. The van der Waals surface area contributed by atoms with E-state index in [4.69, 9.17) is 5.26 Å². The molecule has 114 valence electrons. The third kappa shape index (κ3) is 5.34. The van der Waals surface area contributed by atoms with Crippen molar-refractivity contribution >= 4 is 11.6 Å². The molecule has 0 radical (unpaired) electrons. The minimum Gasteiger partial charge on any atom is -0.483 e. The fourth-order valence-electron chi connectivity index (χ4n) is 1.43. The van der Waals surface area contributed by atoms with E-state index in [9.17, 15) is 18.0 Å². The fraction of sp³-hybridized carbons (Fsp3) is 0.429. The van der Waals surface area contributed by atoms with Crippen LogP contribution in [0.2, 0.25) is 0 Å². The van der Waals surface area contributed by atoms with E-state index in [1.54, 1.807) is 13.0 Å². The number of halogens is 3. The van der Waals surface area contributed by atoms with Crippen LogP contribution in [0.4, 0.5) is 18.9 Å². The van der Waals surface area contributed by atoms with Crippen LogP contribution < -0.4 is 10.1 Å². The first-order valence-electron chi connectivity index (χ1n) is 6.31. The van der Waals surface area contributed by atoms with Crippen molar-refractivity contribution in [2.45, 2.75) is 26.4 Å². The molecule has 21 heavy (non-hydrogen) atoms. The number of rotatable bonds is 5. The van der Waals surface area contributed by atoms with Crippen LogP contribution in [-0.2, 0) is 4.79 Å². The van der Waals surface area contributed by atoms with Crippen molar-refractivity contribution in [1.82, 2.24) is 0 Å². The lowest BCUT2D eigenvalue weighted by atomic mass is 10.1. The molecule has 4 nitrogen and oxygen atoms in total. The second-order valence-corrected chi connectivity index (χ2v) is 4.53. The lowest BCUT2D eigenvalue weighted by Gasteiger charge is -2.13. The Morgan fingerprint density at radius 1 is 1.48 bits per heavy atom. The largest absolute Gasteiger partial charge is 0.483 e. The van der Waals surface area contributed by atoms with Crippen LogP contribution in [0, 0.1) is 17.2 Å². The van der Waals surface area contributed by atoms with Gasteiger partial charge in [-0.15, -0.1) is 0 Å². The normalized spacial score (nSPS) is 12.4. The van der Waals surface area contributed by atoms with Crippen molar-refractivity contribution in [3.05, 3.63) is 23.8 Å². The van der Waals surface area contributed by atoms with Gasteiger partial charge in [0.15, 0.2) is 6.61 Å². The average molecular weight is 300 g/mol. The van der Waals surface area contributed by atoms with E-state index in [2.05, 4.69) is 10.1 Å². The summed E-state index contributed by atoms with van der Waals surface area (Å²) in [4.78, 5) is 11.7. The molecule has 1 rings (SSSR count). The van der Waals surface area contributed by atoms with Gasteiger partial charge < -0.3 is 10.1 Å². The molecule has 0 bridgehead atoms. The number of nitrogens with zero attached hydrogens (tertiary/aromatic N) is 1. The van der Waals surface area contributed by atoms with Crippen LogP contribution in [0.1, 0.15) is 25.8 Å². The molecule has 1 aromatic carbocycles. The van der Waals surface area contributed by atoms with Gasteiger partial charge in [0.1, 0.15) is 11.8 Å². The minimum absolute atomic E-state index is 0.0683. The highest BCUT2D eigenvalue weighted by Gasteiger charge is 2.28. The average Bonchev–Trinajstić information content (AvgIpc) is 2.43. The molecular weight excluding hydrogens is 285 g/mol. The number of nitrogens with one attached hydrogen (secondary N) is 1. The van der Waals surface area contributed by atoms with Crippen molar-refractivity contribution in [3.8, 4) is 11.8 Å². The van der Waals surface area contributed by atoms with E-state index in [1.807, 2.05) is 6.92 Å². The minimum atomic E-state index is -4.48. The van der Waals surface area contributed by atoms with E-state index in [1.165, 1.54) is 18.2 Å². The van der Waals surface area contributed by atoms with Crippen LogP contribution in [0.25, 0.3) is 0 Å². The van der Waals surface area contributed by atoms with Gasteiger partial charge in [-0.1, -0.05) is 13.8 Å². The van der Waals surface area contributed by atoms with Crippen molar-refractivity contribution in [2.75, 3.05) is 11.9 Å². The van der Waals surface area contributed by atoms with Crippen LogP contribution in [0.3, 0.4) is 0 Å². The molecule has 0 saturated carbocycles. The molecule has 0 aliphatic heterocycles. The van der Waals surface area contributed by atoms with E-state index in [0.29, 0.717) is 12.1 Å². The van der Waals surface area contributed by atoms with Crippen LogP contribution in [0.15, 0.2) is 18.2 Å². The second-order valence-electron chi connectivity index (χ2n) is 4.53. The van der Waals surface area contributed by atoms with Crippen molar-refractivity contribution in [2.24, 2.45) is 5.92 Å². The summed E-state index contributed by atoms with van der Waals surface area (Å²) in [5.74, 6) is -0.585. The van der Waals surface area contributed by atoms with Crippen LogP contribution >= 0.6 is 0 Å². The highest BCUT2D eigenvalue weighted by Crippen LogP contribution is 2.25. The molecule has 7 heteroatoms. The van der Waals surface area contributed by atoms with Gasteiger partial charge in [0.25, 0.3) is 0 Å². The summed E-state index contributed by atoms with van der Waals surface area (Å²) >= 11 is 0. The predicted octanol–water partition coefficient (Wildman–Crippen LogP) is 3.48. The molecular formula is C14H15F3N2O2. The maximum absolute atomic E-state index is 12.1. The monoisotopic (exact) mass is 300 g/mol. The molecule has 0 unspecified atom stereocenters. The molecule has 0 aliphatic carbocycles. The highest BCUT2D eigenvalue weighted by molar-refractivity contribution is 5.92. The Balaban J connectivity index is 2.84. The Hall–Kier alpha value is -2.23. The number of alkyl halides is 3. The molecule has 0 spiro atoms. The number of nitriles is 1. The molecule has 0 fully saturated rings. The summed E-state index contributed by atoms with van der Waals surface area (Å²) in [5.41, 5.74) is 0.275. The zero-order chi connectivity index (χ0) is 16.0. The summed E-state index contributed by atoms with van der Waals surface area (Å²) in [6.45, 7) is 2.14. The molecule has 0 aliphatic rings. The smallest absolute Gasteiger partial charge is 0.422 e. The number of anilines is 1. The van der Waals surface area contributed by atoms with Crippen molar-refractivity contribution in [1.29, 1.82) is 5.26 Å². The first kappa shape index (κ1) is 16.8. The molecule has 1 atom stereocenters. The van der Waals surface area contributed by atoms with E-state index in [0.717, 1.165) is 0 Å². The Labute approximate surface area is 120 Å². The van der Waals surface area contributed by atoms with Crippen LogP contribution in [0.5, 0.6) is 5.75 Å². The summed E-state index contributed by atoms with van der Waals surface area (Å²) in [6.07, 6.45) is -3.82. The molecule has 1 N–H and O–H groups in total. The molecule has 0 heterocycles. The van der Waals surface area contributed by atoms with Gasteiger partial charge >= 0.3 is 6.18 Å². The van der Waals surface area contributed by atoms with Gasteiger partial charge in [0.05, 0.1) is 5.56 Å². The topological polar surface area (TPSA) is 62.1 Å². The van der Waals surface area contributed by atoms with Gasteiger partial charge in [-0.25, -0.2) is 0 Å². The summed E-state index contributed by atoms with van der Waals surface area (Å²) in [6, 6.07) is 5.66. The van der Waals surface area contributed by atoms with Gasteiger partial charge in [-0.2, -0.15) is 18.4 Å². The summed E-state index contributed by atoms with van der Waals surface area (Å²) in [5, 5.41) is 11.5. The summed E-state index contributed by atoms with van der Waals surface area (Å²) in [7, 11) is 0. The Bertz CT molecular complexity index is 550. The number of hydrogen-bond acceptors (Lipinski definition) is 3. The number of carbonyl (C=O) groups excluding carboxylic acids is 1. The number of benzene rings is 1. The van der Waals surface area contributed by atoms with Crippen molar-refractivity contribution in [3.63, 3.8) is 0 Å². The first-order valence-corrected chi connectivity index (χ1v) is 6.31. The van der Waals surface area contributed by atoms with E-state index < -0.39 is 12.8 Å². The number of amides is 1. The SMILES string of the molecule is CC[C@@H](C)C(=O)Nc1ccc(OCC(F)(F)F)c(C#N)c1. The van der Waals surface area contributed by atoms with E-state index >= 15 is 0 Å².